The van der Waals surface area contributed by atoms with Crippen molar-refractivity contribution in [2.45, 2.75) is 12.5 Å². The average Bonchev–Trinajstić information content (AvgIpc) is 3.58. The zero-order chi connectivity index (χ0) is 21.7. The Hall–Kier alpha value is -4.34. The molecule has 0 radical (unpaired) electrons. The Balaban J connectivity index is 1.41. The molecule has 1 amide bonds. The summed E-state index contributed by atoms with van der Waals surface area (Å²) in [4.78, 5) is 31.6. The first-order chi connectivity index (χ1) is 15.7. The molecule has 0 bridgehead atoms. The number of carbonyl (C=O) groups is 1. The molecule has 0 unspecified atom stereocenters. The second-order valence-electron chi connectivity index (χ2n) is 7.68. The molecule has 6 rings (SSSR count). The number of nitrogens with one attached hydrogen (secondary N) is 1. The van der Waals surface area contributed by atoms with E-state index < -0.39 is 6.04 Å². The highest BCUT2D eigenvalue weighted by Crippen LogP contribution is 2.34. The number of hydrogen-bond acceptors (Lipinski definition) is 7. The minimum absolute atomic E-state index is 0.0778. The summed E-state index contributed by atoms with van der Waals surface area (Å²) in [6.45, 7) is 0.469. The fraction of sp³-hybridized carbons (Fsp3) is 0.182. The lowest BCUT2D eigenvalue weighted by Gasteiger charge is -2.33. The number of imidazole rings is 2. The van der Waals surface area contributed by atoms with Crippen molar-refractivity contribution in [1.29, 1.82) is 0 Å². The second-order valence-corrected chi connectivity index (χ2v) is 7.68. The SMILES string of the molecule is Cn1cncc1-c1nnc(C(=O)N2CCc3[nH]cnc3[C@H]2c2cc3ccccc3cn2)o1. The Kier molecular flexibility index (Phi) is 4.10. The third-order valence-electron chi connectivity index (χ3n) is 5.76. The molecule has 158 valence electrons. The molecule has 4 aromatic heterocycles. The number of hydrogen-bond donors (Lipinski definition) is 1. The summed E-state index contributed by atoms with van der Waals surface area (Å²) in [6, 6.07) is 9.52. The minimum Gasteiger partial charge on any atom is -0.411 e. The van der Waals surface area contributed by atoms with Crippen LogP contribution in [0.25, 0.3) is 22.4 Å². The smallest absolute Gasteiger partial charge is 0.312 e. The topological polar surface area (TPSA) is 119 Å². The number of rotatable bonds is 3. The molecule has 0 spiro atoms. The first-order valence-corrected chi connectivity index (χ1v) is 10.2. The lowest BCUT2D eigenvalue weighted by Crippen LogP contribution is -2.41. The maximum atomic E-state index is 13.5. The number of nitrogens with zero attached hydrogens (tertiary/aromatic N) is 7. The quantitative estimate of drug-likeness (QED) is 0.471. The van der Waals surface area contributed by atoms with E-state index in [1.807, 2.05) is 43.6 Å². The monoisotopic (exact) mass is 426 g/mol. The van der Waals surface area contributed by atoms with Crippen LogP contribution >= 0.6 is 0 Å². The third kappa shape index (κ3) is 2.88. The molecular formula is C22H18N8O2. The summed E-state index contributed by atoms with van der Waals surface area (Å²) in [5, 5.41) is 10.1. The van der Waals surface area contributed by atoms with Crippen molar-refractivity contribution in [3.8, 4) is 11.6 Å². The number of pyridine rings is 1. The Bertz CT molecular complexity index is 1450. The molecule has 1 N–H and O–H groups in total. The number of aromatic nitrogens is 7. The lowest BCUT2D eigenvalue weighted by atomic mass is 9.98. The molecule has 10 nitrogen and oxygen atoms in total. The van der Waals surface area contributed by atoms with E-state index >= 15 is 0 Å². The minimum atomic E-state index is -0.464. The summed E-state index contributed by atoms with van der Waals surface area (Å²) in [5.74, 6) is -0.198. The number of benzene rings is 1. The van der Waals surface area contributed by atoms with Crippen molar-refractivity contribution < 1.29 is 9.21 Å². The Morgan fingerprint density at radius 2 is 2.03 bits per heavy atom. The molecular weight excluding hydrogens is 408 g/mol. The van der Waals surface area contributed by atoms with Gasteiger partial charge in [0.2, 0.25) is 0 Å². The average molecular weight is 426 g/mol. The number of fused-ring (bicyclic) bond motifs is 2. The van der Waals surface area contributed by atoms with Crippen molar-refractivity contribution in [2.24, 2.45) is 7.05 Å². The van der Waals surface area contributed by atoms with Gasteiger partial charge in [-0.15, -0.1) is 10.2 Å². The first-order valence-electron chi connectivity index (χ1n) is 10.2. The molecule has 1 aliphatic rings. The summed E-state index contributed by atoms with van der Waals surface area (Å²) in [7, 11) is 1.82. The summed E-state index contributed by atoms with van der Waals surface area (Å²) in [6.07, 6.45) is 7.36. The van der Waals surface area contributed by atoms with E-state index in [4.69, 9.17) is 4.42 Å². The fourth-order valence-corrected chi connectivity index (χ4v) is 4.14. The molecule has 1 aromatic carbocycles. The Labute approximate surface area is 182 Å². The van der Waals surface area contributed by atoms with E-state index in [1.165, 1.54) is 0 Å². The Morgan fingerprint density at radius 3 is 2.88 bits per heavy atom. The molecule has 1 aliphatic heterocycles. The van der Waals surface area contributed by atoms with Gasteiger partial charge in [-0.2, -0.15) is 0 Å². The Morgan fingerprint density at radius 1 is 1.16 bits per heavy atom. The number of carbonyl (C=O) groups excluding carboxylic acids is 1. The van der Waals surface area contributed by atoms with Gasteiger partial charge in [0, 0.05) is 37.3 Å². The molecule has 0 fully saturated rings. The lowest BCUT2D eigenvalue weighted by molar-refractivity contribution is 0.0647. The number of aromatic amines is 1. The van der Waals surface area contributed by atoms with Crippen LogP contribution < -0.4 is 0 Å². The van der Waals surface area contributed by atoms with Crippen molar-refractivity contribution >= 4 is 16.7 Å². The van der Waals surface area contributed by atoms with Crippen LogP contribution in [0.4, 0.5) is 0 Å². The van der Waals surface area contributed by atoms with Crippen LogP contribution in [-0.4, -0.2) is 52.1 Å². The standard InChI is InChI=1S/C22H18N8O2/c1-29-12-23-10-17(29)20-27-28-21(32-20)22(31)30-7-6-15-18(26-11-25-15)19(30)16-8-13-4-2-3-5-14(13)9-24-16/h2-5,8-12,19H,6-7H2,1H3,(H,25,26)/t19-/m1/s1. The van der Waals surface area contributed by atoms with Crippen LogP contribution in [0.15, 0.2) is 59.8 Å². The van der Waals surface area contributed by atoms with Crippen molar-refractivity contribution in [2.75, 3.05) is 6.54 Å². The van der Waals surface area contributed by atoms with Crippen LogP contribution in [0.2, 0.25) is 0 Å². The van der Waals surface area contributed by atoms with Gasteiger partial charge in [-0.3, -0.25) is 9.78 Å². The van der Waals surface area contributed by atoms with Crippen LogP contribution in [0.3, 0.4) is 0 Å². The van der Waals surface area contributed by atoms with Crippen molar-refractivity contribution in [3.05, 3.63) is 78.4 Å². The largest absolute Gasteiger partial charge is 0.411 e. The van der Waals surface area contributed by atoms with E-state index in [0.29, 0.717) is 18.7 Å². The van der Waals surface area contributed by atoms with Crippen LogP contribution in [0.5, 0.6) is 0 Å². The highest BCUT2D eigenvalue weighted by atomic mass is 16.4. The number of aryl methyl sites for hydroxylation is 1. The van der Waals surface area contributed by atoms with E-state index in [9.17, 15) is 4.79 Å². The van der Waals surface area contributed by atoms with Crippen LogP contribution in [0, 0.1) is 0 Å². The van der Waals surface area contributed by atoms with Crippen molar-refractivity contribution in [1.82, 2.24) is 39.6 Å². The summed E-state index contributed by atoms with van der Waals surface area (Å²) in [5.41, 5.74) is 3.14. The van der Waals surface area contributed by atoms with Gasteiger partial charge in [0.05, 0.1) is 30.2 Å². The number of amides is 1. The molecule has 5 aromatic rings. The van der Waals surface area contributed by atoms with Gasteiger partial charge < -0.3 is 18.9 Å². The number of H-pyrrole nitrogens is 1. The maximum Gasteiger partial charge on any atom is 0.312 e. The van der Waals surface area contributed by atoms with E-state index in [2.05, 4.69) is 30.1 Å². The molecule has 0 saturated heterocycles. The highest BCUT2D eigenvalue weighted by molar-refractivity contribution is 5.91. The van der Waals surface area contributed by atoms with Crippen LogP contribution in [-0.2, 0) is 13.5 Å². The van der Waals surface area contributed by atoms with Gasteiger partial charge in [0.25, 0.3) is 5.89 Å². The molecule has 5 heterocycles. The molecule has 0 saturated carbocycles. The van der Waals surface area contributed by atoms with Crippen LogP contribution in [0.1, 0.15) is 33.8 Å². The summed E-state index contributed by atoms with van der Waals surface area (Å²) < 4.78 is 7.48. The predicted molar refractivity (Wildman–Crippen MR) is 113 cm³/mol. The third-order valence-corrected chi connectivity index (χ3v) is 5.76. The zero-order valence-electron chi connectivity index (χ0n) is 17.1. The van der Waals surface area contributed by atoms with E-state index in [1.54, 1.807) is 28.3 Å². The first kappa shape index (κ1) is 18.4. The van der Waals surface area contributed by atoms with Gasteiger partial charge in [0.15, 0.2) is 0 Å². The zero-order valence-corrected chi connectivity index (χ0v) is 17.1. The summed E-state index contributed by atoms with van der Waals surface area (Å²) >= 11 is 0. The van der Waals surface area contributed by atoms with Crippen molar-refractivity contribution in [3.63, 3.8) is 0 Å². The molecule has 1 atom stereocenters. The molecule has 32 heavy (non-hydrogen) atoms. The van der Waals surface area contributed by atoms with Gasteiger partial charge in [-0.05, 0) is 11.5 Å². The van der Waals surface area contributed by atoms with Gasteiger partial charge in [-0.25, -0.2) is 9.97 Å². The second kappa shape index (κ2) is 7.12. The van der Waals surface area contributed by atoms with Gasteiger partial charge in [0.1, 0.15) is 11.7 Å². The van der Waals surface area contributed by atoms with E-state index in [-0.39, 0.29) is 17.7 Å². The van der Waals surface area contributed by atoms with Gasteiger partial charge >= 0.3 is 11.8 Å². The molecule has 0 aliphatic carbocycles. The maximum absolute atomic E-state index is 13.5. The van der Waals surface area contributed by atoms with E-state index in [0.717, 1.165) is 27.9 Å². The normalized spacial score (nSPS) is 15.8. The van der Waals surface area contributed by atoms with Gasteiger partial charge in [-0.1, -0.05) is 24.3 Å². The molecule has 10 heteroatoms. The highest BCUT2D eigenvalue weighted by Gasteiger charge is 2.37. The fourth-order valence-electron chi connectivity index (χ4n) is 4.14. The predicted octanol–water partition coefficient (Wildman–Crippen LogP) is 2.53.